The number of nitrogens with zero attached hydrogens (tertiary/aromatic N) is 1. The molecule has 1 aromatic rings. The van der Waals surface area contributed by atoms with Gasteiger partial charge in [-0.15, -0.1) is 0 Å². The second kappa shape index (κ2) is 5.84. The summed E-state index contributed by atoms with van der Waals surface area (Å²) in [6.45, 7) is 0. The fraction of sp³-hybridized carbons (Fsp3) is 0.625. The van der Waals surface area contributed by atoms with Gasteiger partial charge in [0.25, 0.3) is 5.69 Å². The fourth-order valence-electron chi connectivity index (χ4n) is 4.00. The highest BCUT2D eigenvalue weighted by Crippen LogP contribution is 2.49. The standard InChI is InChI=1S/C16H21ClN2O2/c17-12-3-4-14(15(11-12)19(20)21)18-13-5-9-16(10-6-13)7-1-2-8-16/h3-4,11,13,18H,1-2,5-10H2. The SMILES string of the molecule is O=[N+]([O-])c1cc(Cl)ccc1NC1CCC2(CCCC2)CC1. The third kappa shape index (κ3) is 3.15. The van der Waals surface area contributed by atoms with Crippen LogP contribution in [0.15, 0.2) is 18.2 Å². The van der Waals surface area contributed by atoms with Crippen LogP contribution in [-0.4, -0.2) is 11.0 Å². The van der Waals surface area contributed by atoms with E-state index in [4.69, 9.17) is 11.6 Å². The van der Waals surface area contributed by atoms with Crippen molar-refractivity contribution in [3.8, 4) is 0 Å². The normalized spacial score (nSPS) is 21.6. The molecule has 1 aromatic carbocycles. The van der Waals surface area contributed by atoms with E-state index in [9.17, 15) is 10.1 Å². The summed E-state index contributed by atoms with van der Waals surface area (Å²) in [6.07, 6.45) is 10.2. The van der Waals surface area contributed by atoms with Gasteiger partial charge in [-0.05, 0) is 56.1 Å². The highest BCUT2D eigenvalue weighted by molar-refractivity contribution is 6.30. The zero-order valence-electron chi connectivity index (χ0n) is 12.1. The first-order valence-corrected chi connectivity index (χ1v) is 8.16. The van der Waals surface area contributed by atoms with Crippen molar-refractivity contribution < 1.29 is 4.92 Å². The first-order chi connectivity index (χ1) is 10.1. The Balaban J connectivity index is 1.66. The Labute approximate surface area is 130 Å². The third-order valence-electron chi connectivity index (χ3n) is 5.23. The lowest BCUT2D eigenvalue weighted by atomic mass is 9.71. The topological polar surface area (TPSA) is 55.2 Å². The third-order valence-corrected chi connectivity index (χ3v) is 5.46. The molecule has 0 saturated heterocycles. The molecule has 2 saturated carbocycles. The van der Waals surface area contributed by atoms with Crippen LogP contribution in [0.25, 0.3) is 0 Å². The maximum Gasteiger partial charge on any atom is 0.293 e. The molecule has 0 heterocycles. The molecule has 2 aliphatic rings. The Morgan fingerprint density at radius 1 is 1.19 bits per heavy atom. The molecule has 0 unspecified atom stereocenters. The molecular weight excluding hydrogens is 288 g/mol. The average molecular weight is 309 g/mol. The molecule has 0 amide bonds. The zero-order chi connectivity index (χ0) is 14.9. The van der Waals surface area contributed by atoms with E-state index in [2.05, 4.69) is 5.32 Å². The number of halogens is 1. The summed E-state index contributed by atoms with van der Waals surface area (Å²) in [5, 5.41) is 14.9. The van der Waals surface area contributed by atoms with Crippen molar-refractivity contribution in [3.63, 3.8) is 0 Å². The highest BCUT2D eigenvalue weighted by Gasteiger charge is 2.37. The second-order valence-corrected chi connectivity index (χ2v) is 6.98. The van der Waals surface area contributed by atoms with Crippen LogP contribution in [-0.2, 0) is 0 Å². The Morgan fingerprint density at radius 3 is 2.48 bits per heavy atom. The molecule has 0 aliphatic heterocycles. The molecule has 114 valence electrons. The van der Waals surface area contributed by atoms with E-state index in [0.29, 0.717) is 22.2 Å². The predicted octanol–water partition coefficient (Wildman–Crippen LogP) is 5.16. The van der Waals surface area contributed by atoms with Gasteiger partial charge in [-0.25, -0.2) is 0 Å². The molecule has 4 nitrogen and oxygen atoms in total. The predicted molar refractivity (Wildman–Crippen MR) is 84.9 cm³/mol. The van der Waals surface area contributed by atoms with Gasteiger partial charge >= 0.3 is 0 Å². The van der Waals surface area contributed by atoms with Gasteiger partial charge in [-0.2, -0.15) is 0 Å². The lowest BCUT2D eigenvalue weighted by molar-refractivity contribution is -0.384. The van der Waals surface area contributed by atoms with Crippen LogP contribution < -0.4 is 5.32 Å². The van der Waals surface area contributed by atoms with Gasteiger partial charge in [0.15, 0.2) is 0 Å². The van der Waals surface area contributed by atoms with E-state index < -0.39 is 0 Å². The molecule has 21 heavy (non-hydrogen) atoms. The minimum absolute atomic E-state index is 0.0728. The van der Waals surface area contributed by atoms with Gasteiger partial charge in [0.1, 0.15) is 5.69 Å². The Bertz CT molecular complexity index is 531. The molecule has 1 spiro atoms. The summed E-state index contributed by atoms with van der Waals surface area (Å²) in [6, 6.07) is 5.19. The molecule has 2 fully saturated rings. The Morgan fingerprint density at radius 2 is 1.86 bits per heavy atom. The zero-order valence-corrected chi connectivity index (χ0v) is 12.9. The van der Waals surface area contributed by atoms with Crippen LogP contribution in [0.5, 0.6) is 0 Å². The summed E-state index contributed by atoms with van der Waals surface area (Å²) in [7, 11) is 0. The van der Waals surface area contributed by atoms with Crippen LogP contribution in [0.3, 0.4) is 0 Å². The van der Waals surface area contributed by atoms with Gasteiger partial charge in [-0.1, -0.05) is 24.4 Å². The molecule has 5 heteroatoms. The van der Waals surface area contributed by atoms with Crippen LogP contribution in [0.1, 0.15) is 51.4 Å². The second-order valence-electron chi connectivity index (χ2n) is 6.54. The van der Waals surface area contributed by atoms with Crippen LogP contribution in [0.2, 0.25) is 5.02 Å². The summed E-state index contributed by atoms with van der Waals surface area (Å²) in [4.78, 5) is 10.8. The number of rotatable bonds is 3. The smallest absolute Gasteiger partial charge is 0.293 e. The average Bonchev–Trinajstić information content (AvgIpc) is 2.92. The van der Waals surface area contributed by atoms with Gasteiger partial charge < -0.3 is 5.32 Å². The van der Waals surface area contributed by atoms with E-state index in [1.54, 1.807) is 12.1 Å². The minimum atomic E-state index is -0.366. The summed E-state index contributed by atoms with van der Waals surface area (Å²) in [5.74, 6) is 0. The quantitative estimate of drug-likeness (QED) is 0.619. The van der Waals surface area contributed by atoms with Crippen LogP contribution in [0.4, 0.5) is 11.4 Å². The van der Waals surface area contributed by atoms with E-state index in [0.717, 1.165) is 12.8 Å². The monoisotopic (exact) mass is 308 g/mol. The number of nitrogens with one attached hydrogen (secondary N) is 1. The maximum absolute atomic E-state index is 11.1. The van der Waals surface area contributed by atoms with Crippen molar-refractivity contribution in [2.45, 2.75) is 57.4 Å². The van der Waals surface area contributed by atoms with E-state index >= 15 is 0 Å². The summed E-state index contributed by atoms with van der Waals surface area (Å²) >= 11 is 5.85. The lowest BCUT2D eigenvalue weighted by Gasteiger charge is -2.37. The number of nitro groups is 1. The van der Waals surface area contributed by atoms with E-state index in [-0.39, 0.29) is 10.6 Å². The number of benzene rings is 1. The lowest BCUT2D eigenvalue weighted by Crippen LogP contribution is -2.31. The Kier molecular flexibility index (Phi) is 4.07. The Hall–Kier alpha value is -1.29. The summed E-state index contributed by atoms with van der Waals surface area (Å²) < 4.78 is 0. The van der Waals surface area contributed by atoms with E-state index in [1.807, 2.05) is 0 Å². The fourth-order valence-corrected chi connectivity index (χ4v) is 4.16. The van der Waals surface area contributed by atoms with E-state index in [1.165, 1.54) is 44.6 Å². The van der Waals surface area contributed by atoms with Gasteiger partial charge in [0.05, 0.1) is 4.92 Å². The molecule has 0 atom stereocenters. The van der Waals surface area contributed by atoms with Crippen LogP contribution in [0, 0.1) is 15.5 Å². The van der Waals surface area contributed by atoms with Crippen molar-refractivity contribution in [1.82, 2.24) is 0 Å². The van der Waals surface area contributed by atoms with Crippen molar-refractivity contribution in [3.05, 3.63) is 33.3 Å². The van der Waals surface area contributed by atoms with Crippen molar-refractivity contribution in [2.75, 3.05) is 5.32 Å². The first-order valence-electron chi connectivity index (χ1n) is 7.79. The van der Waals surface area contributed by atoms with Gasteiger partial charge in [-0.3, -0.25) is 10.1 Å². The molecular formula is C16H21ClN2O2. The number of nitro benzene ring substituents is 1. The highest BCUT2D eigenvalue weighted by atomic mass is 35.5. The molecule has 0 bridgehead atoms. The molecule has 0 aromatic heterocycles. The molecule has 0 radical (unpaired) electrons. The number of hydrogen-bond donors (Lipinski definition) is 1. The van der Waals surface area contributed by atoms with Crippen molar-refractivity contribution >= 4 is 23.0 Å². The maximum atomic E-state index is 11.1. The van der Waals surface area contributed by atoms with Crippen molar-refractivity contribution in [1.29, 1.82) is 0 Å². The van der Waals surface area contributed by atoms with Gasteiger partial charge in [0.2, 0.25) is 0 Å². The minimum Gasteiger partial charge on any atom is -0.377 e. The van der Waals surface area contributed by atoms with Crippen molar-refractivity contribution in [2.24, 2.45) is 5.41 Å². The number of anilines is 1. The largest absolute Gasteiger partial charge is 0.377 e. The summed E-state index contributed by atoms with van der Waals surface area (Å²) in [5.41, 5.74) is 1.25. The number of hydrogen-bond acceptors (Lipinski definition) is 3. The first kappa shape index (κ1) is 14.6. The van der Waals surface area contributed by atoms with Gasteiger partial charge in [0, 0.05) is 17.1 Å². The van der Waals surface area contributed by atoms with Crippen LogP contribution >= 0.6 is 11.6 Å². The molecule has 1 N–H and O–H groups in total. The molecule has 2 aliphatic carbocycles. The molecule has 3 rings (SSSR count).